The van der Waals surface area contributed by atoms with Gasteiger partial charge in [0.25, 0.3) is 0 Å². The molecule has 7 heteroatoms. The molecule has 1 aliphatic heterocycles. The Hall–Kier alpha value is -2.38. The number of likely N-dealkylation sites (tertiary alicyclic amines) is 1. The molecule has 1 saturated heterocycles. The molecule has 0 radical (unpaired) electrons. The highest BCUT2D eigenvalue weighted by Crippen LogP contribution is 2.28. The second-order valence-electron chi connectivity index (χ2n) is 7.59. The van der Waals surface area contributed by atoms with E-state index in [1.165, 1.54) is 12.7 Å². The lowest BCUT2D eigenvalue weighted by Gasteiger charge is -2.40. The third-order valence-corrected chi connectivity index (χ3v) is 6.12. The Morgan fingerprint density at radius 3 is 2.59 bits per heavy atom. The Bertz CT molecular complexity index is 960. The van der Waals surface area contributed by atoms with Crippen molar-refractivity contribution in [2.24, 2.45) is 0 Å². The molecular weight excluding hydrogens is 388 g/mol. The van der Waals surface area contributed by atoms with Gasteiger partial charge in [-0.05, 0) is 48.4 Å². The van der Waals surface area contributed by atoms with Crippen molar-refractivity contribution in [2.45, 2.75) is 38.3 Å². The molecule has 2 atom stereocenters. The van der Waals surface area contributed by atoms with E-state index in [2.05, 4.69) is 35.9 Å². The van der Waals surface area contributed by atoms with E-state index in [1.54, 1.807) is 4.90 Å². The molecule has 0 saturated carbocycles. The second-order valence-corrected chi connectivity index (χ2v) is 9.37. The molecule has 0 spiro atoms. The average Bonchev–Trinajstić information content (AvgIpc) is 2.69. The standard InChI is InChI=1S/C22H28N2O4S/c1-16-11-12-17(14-19(16)18-8-5-4-6-9-18)15-21-20(23-29(3,26)27)10-7-13-24(21)22(25)28-2/h4-6,8-9,11-12,14,20-21,23H,7,10,13,15H2,1-3H3. The second kappa shape index (κ2) is 8.97. The van der Waals surface area contributed by atoms with E-state index in [4.69, 9.17) is 4.74 Å². The number of ether oxygens (including phenoxy) is 1. The van der Waals surface area contributed by atoms with Gasteiger partial charge in [-0.15, -0.1) is 0 Å². The lowest BCUT2D eigenvalue weighted by Crippen LogP contribution is -2.57. The van der Waals surface area contributed by atoms with Gasteiger partial charge in [0.1, 0.15) is 0 Å². The van der Waals surface area contributed by atoms with E-state index in [9.17, 15) is 13.2 Å². The maximum absolute atomic E-state index is 12.3. The first-order valence-electron chi connectivity index (χ1n) is 9.75. The maximum atomic E-state index is 12.3. The number of hydrogen-bond acceptors (Lipinski definition) is 4. The first kappa shape index (κ1) is 21.3. The Morgan fingerprint density at radius 1 is 1.21 bits per heavy atom. The van der Waals surface area contributed by atoms with Gasteiger partial charge >= 0.3 is 6.09 Å². The van der Waals surface area contributed by atoms with Crippen molar-refractivity contribution in [1.29, 1.82) is 0 Å². The summed E-state index contributed by atoms with van der Waals surface area (Å²) in [5.74, 6) is 0. The van der Waals surface area contributed by atoms with Gasteiger partial charge in [-0.3, -0.25) is 0 Å². The summed E-state index contributed by atoms with van der Waals surface area (Å²) >= 11 is 0. The zero-order valence-electron chi connectivity index (χ0n) is 17.1. The number of nitrogens with zero attached hydrogens (tertiary/aromatic N) is 1. The van der Waals surface area contributed by atoms with E-state index in [0.717, 1.165) is 29.4 Å². The van der Waals surface area contributed by atoms with Crippen LogP contribution in [0.25, 0.3) is 11.1 Å². The number of aryl methyl sites for hydroxylation is 1. The van der Waals surface area contributed by atoms with Crippen LogP contribution in [-0.4, -0.2) is 51.4 Å². The normalized spacial score (nSPS) is 19.8. The summed E-state index contributed by atoms with van der Waals surface area (Å²) in [6, 6.07) is 15.7. The fraction of sp³-hybridized carbons (Fsp3) is 0.409. The van der Waals surface area contributed by atoms with Gasteiger partial charge < -0.3 is 9.64 Å². The summed E-state index contributed by atoms with van der Waals surface area (Å²) in [4.78, 5) is 14.0. The molecule has 2 unspecified atom stereocenters. The van der Waals surface area contributed by atoms with Gasteiger partial charge in [-0.1, -0.05) is 48.5 Å². The van der Waals surface area contributed by atoms with Crippen molar-refractivity contribution in [3.05, 3.63) is 59.7 Å². The van der Waals surface area contributed by atoms with Gasteiger partial charge in [0, 0.05) is 12.6 Å². The zero-order valence-corrected chi connectivity index (χ0v) is 17.9. The van der Waals surface area contributed by atoms with Gasteiger partial charge in [-0.25, -0.2) is 17.9 Å². The molecule has 1 amide bonds. The highest BCUT2D eigenvalue weighted by atomic mass is 32.2. The van der Waals surface area contributed by atoms with E-state index in [-0.39, 0.29) is 12.1 Å². The number of piperidine rings is 1. The van der Waals surface area contributed by atoms with Gasteiger partial charge in [0.2, 0.25) is 10.0 Å². The lowest BCUT2D eigenvalue weighted by molar-refractivity contribution is 0.0792. The molecule has 0 bridgehead atoms. The predicted octanol–water partition coefficient (Wildman–Crippen LogP) is 3.35. The maximum Gasteiger partial charge on any atom is 0.409 e. The van der Waals surface area contributed by atoms with Crippen LogP contribution in [0.4, 0.5) is 4.79 Å². The summed E-state index contributed by atoms with van der Waals surface area (Å²) in [5, 5.41) is 0. The van der Waals surface area contributed by atoms with Crippen LogP contribution >= 0.6 is 0 Å². The largest absolute Gasteiger partial charge is 0.453 e. The Kier molecular flexibility index (Phi) is 6.59. The minimum absolute atomic E-state index is 0.308. The number of benzene rings is 2. The highest BCUT2D eigenvalue weighted by Gasteiger charge is 2.36. The van der Waals surface area contributed by atoms with Crippen LogP contribution in [0.3, 0.4) is 0 Å². The number of methoxy groups -OCH3 is 1. The van der Waals surface area contributed by atoms with E-state index < -0.39 is 16.1 Å². The van der Waals surface area contributed by atoms with E-state index in [1.807, 2.05) is 24.3 Å². The van der Waals surface area contributed by atoms with Crippen LogP contribution < -0.4 is 4.72 Å². The van der Waals surface area contributed by atoms with Crippen molar-refractivity contribution < 1.29 is 17.9 Å². The van der Waals surface area contributed by atoms with Crippen LogP contribution in [0, 0.1) is 6.92 Å². The van der Waals surface area contributed by atoms with Crippen molar-refractivity contribution in [2.75, 3.05) is 19.9 Å². The number of carbonyl (C=O) groups is 1. The summed E-state index contributed by atoms with van der Waals surface area (Å²) in [6.45, 7) is 2.62. The predicted molar refractivity (Wildman–Crippen MR) is 114 cm³/mol. The third-order valence-electron chi connectivity index (χ3n) is 5.39. The lowest BCUT2D eigenvalue weighted by atomic mass is 9.89. The highest BCUT2D eigenvalue weighted by molar-refractivity contribution is 7.88. The molecule has 1 heterocycles. The van der Waals surface area contributed by atoms with Gasteiger partial charge in [-0.2, -0.15) is 0 Å². The van der Waals surface area contributed by atoms with Crippen LogP contribution in [0.1, 0.15) is 24.0 Å². The number of hydrogen-bond donors (Lipinski definition) is 1. The monoisotopic (exact) mass is 416 g/mol. The minimum Gasteiger partial charge on any atom is -0.453 e. The van der Waals surface area contributed by atoms with Crippen molar-refractivity contribution in [3.63, 3.8) is 0 Å². The molecule has 29 heavy (non-hydrogen) atoms. The zero-order chi connectivity index (χ0) is 21.0. The summed E-state index contributed by atoms with van der Waals surface area (Å²) in [5.41, 5.74) is 4.48. The number of sulfonamides is 1. The molecule has 2 aromatic rings. The SMILES string of the molecule is COC(=O)N1CCCC(NS(C)(=O)=O)C1Cc1ccc(C)c(-c2ccccc2)c1. The molecule has 0 aromatic heterocycles. The smallest absolute Gasteiger partial charge is 0.409 e. The van der Waals surface area contributed by atoms with Crippen molar-refractivity contribution >= 4 is 16.1 Å². The summed E-state index contributed by atoms with van der Waals surface area (Å²) < 4.78 is 31.4. The molecular formula is C22H28N2O4S. The van der Waals surface area contributed by atoms with Crippen molar-refractivity contribution in [3.8, 4) is 11.1 Å². The van der Waals surface area contributed by atoms with Crippen LogP contribution in [-0.2, 0) is 21.2 Å². The molecule has 1 aliphatic rings. The molecule has 6 nitrogen and oxygen atoms in total. The van der Waals surface area contributed by atoms with Gasteiger partial charge in [0.15, 0.2) is 0 Å². The molecule has 0 aliphatic carbocycles. The number of carbonyl (C=O) groups excluding carboxylic acids is 1. The number of rotatable bonds is 5. The molecule has 1 N–H and O–H groups in total. The number of nitrogens with one attached hydrogen (secondary N) is 1. The summed E-state index contributed by atoms with van der Waals surface area (Å²) in [6.07, 6.45) is 2.68. The Morgan fingerprint density at radius 2 is 1.93 bits per heavy atom. The molecule has 1 fully saturated rings. The van der Waals surface area contributed by atoms with Crippen LogP contribution in [0.2, 0.25) is 0 Å². The van der Waals surface area contributed by atoms with Crippen LogP contribution in [0.5, 0.6) is 0 Å². The fourth-order valence-corrected chi connectivity index (χ4v) is 4.86. The minimum atomic E-state index is -3.39. The molecule has 2 aromatic carbocycles. The Balaban J connectivity index is 1.93. The third kappa shape index (κ3) is 5.36. The molecule has 3 rings (SSSR count). The summed E-state index contributed by atoms with van der Waals surface area (Å²) in [7, 11) is -2.04. The quantitative estimate of drug-likeness (QED) is 0.811. The average molecular weight is 417 g/mol. The van der Waals surface area contributed by atoms with E-state index >= 15 is 0 Å². The first-order valence-corrected chi connectivity index (χ1v) is 11.6. The van der Waals surface area contributed by atoms with E-state index in [0.29, 0.717) is 19.4 Å². The number of amides is 1. The first-order chi connectivity index (χ1) is 13.8. The topological polar surface area (TPSA) is 75.7 Å². The fourth-order valence-electron chi connectivity index (χ4n) is 4.03. The van der Waals surface area contributed by atoms with Crippen LogP contribution in [0.15, 0.2) is 48.5 Å². The van der Waals surface area contributed by atoms with Gasteiger partial charge in [0.05, 0.1) is 19.4 Å². The Labute approximate surface area is 172 Å². The molecule has 156 valence electrons. The van der Waals surface area contributed by atoms with Crippen molar-refractivity contribution in [1.82, 2.24) is 9.62 Å².